The zero-order valence-electron chi connectivity index (χ0n) is 11.9. The number of carbonyl (C=O) groups is 2. The predicted molar refractivity (Wildman–Crippen MR) is 68.7 cm³/mol. The van der Waals surface area contributed by atoms with Gasteiger partial charge in [0.05, 0.1) is 12.1 Å². The maximum Gasteiger partial charge on any atom is 0.326 e. The fourth-order valence-corrected chi connectivity index (χ4v) is 1.78. The van der Waals surface area contributed by atoms with Crippen LogP contribution in [-0.2, 0) is 16.0 Å². The molecule has 0 bridgehead atoms. The first-order chi connectivity index (χ1) is 8.62. The summed E-state index contributed by atoms with van der Waals surface area (Å²) in [4.78, 5) is 23.1. The first kappa shape index (κ1) is 15.2. The molecule has 6 heteroatoms. The normalized spacial score (nSPS) is 13.1. The second-order valence-electron chi connectivity index (χ2n) is 5.68. The minimum absolute atomic E-state index is 0.0705. The highest BCUT2D eigenvalue weighted by Gasteiger charge is 2.32. The number of carbonyl (C=O) groups excluding carboxylic acids is 1. The molecule has 1 aromatic rings. The minimum atomic E-state index is -1.04. The molecule has 2 N–H and O–H groups in total. The van der Waals surface area contributed by atoms with Crippen LogP contribution >= 0.6 is 0 Å². The van der Waals surface area contributed by atoms with Gasteiger partial charge in [-0.1, -0.05) is 25.9 Å². The van der Waals surface area contributed by atoms with E-state index in [1.807, 2.05) is 0 Å². The van der Waals surface area contributed by atoms with Crippen LogP contribution in [0.2, 0.25) is 0 Å². The Hall–Kier alpha value is -1.85. The molecule has 0 aliphatic heterocycles. The van der Waals surface area contributed by atoms with E-state index in [1.165, 1.54) is 0 Å². The third-order valence-corrected chi connectivity index (χ3v) is 2.94. The van der Waals surface area contributed by atoms with Gasteiger partial charge in [-0.25, -0.2) is 4.79 Å². The number of nitrogens with zero attached hydrogens (tertiary/aromatic N) is 1. The van der Waals surface area contributed by atoms with E-state index >= 15 is 0 Å². The Morgan fingerprint density at radius 2 is 1.95 bits per heavy atom. The van der Waals surface area contributed by atoms with Crippen molar-refractivity contribution in [3.05, 3.63) is 17.0 Å². The molecule has 0 spiro atoms. The van der Waals surface area contributed by atoms with E-state index in [-0.39, 0.29) is 12.3 Å². The highest BCUT2D eigenvalue weighted by molar-refractivity contribution is 5.85. The Kier molecular flexibility index (Phi) is 4.34. The van der Waals surface area contributed by atoms with Gasteiger partial charge in [0.15, 0.2) is 0 Å². The molecular weight excluding hydrogens is 248 g/mol. The lowest BCUT2D eigenvalue weighted by molar-refractivity contribution is -0.144. The monoisotopic (exact) mass is 268 g/mol. The number of nitrogens with one attached hydrogen (secondary N) is 1. The summed E-state index contributed by atoms with van der Waals surface area (Å²) in [5, 5.41) is 15.4. The maximum atomic E-state index is 11.9. The van der Waals surface area contributed by atoms with E-state index in [2.05, 4.69) is 10.5 Å². The van der Waals surface area contributed by atoms with Crippen molar-refractivity contribution in [1.29, 1.82) is 0 Å². The van der Waals surface area contributed by atoms with Crippen molar-refractivity contribution in [3.8, 4) is 0 Å². The van der Waals surface area contributed by atoms with Gasteiger partial charge in [0.2, 0.25) is 5.91 Å². The molecule has 0 aromatic carbocycles. The van der Waals surface area contributed by atoms with Crippen LogP contribution in [0.4, 0.5) is 0 Å². The highest BCUT2D eigenvalue weighted by Crippen LogP contribution is 2.20. The van der Waals surface area contributed by atoms with Crippen LogP contribution in [0.5, 0.6) is 0 Å². The summed E-state index contributed by atoms with van der Waals surface area (Å²) < 4.78 is 4.97. The predicted octanol–water partition coefficient (Wildman–Crippen LogP) is 1.45. The highest BCUT2D eigenvalue weighted by atomic mass is 16.5. The second kappa shape index (κ2) is 5.42. The minimum Gasteiger partial charge on any atom is -0.480 e. The Bertz CT molecular complexity index is 466. The molecule has 0 radical (unpaired) electrons. The number of carboxylic acids is 1. The van der Waals surface area contributed by atoms with Gasteiger partial charge in [0.1, 0.15) is 11.8 Å². The Morgan fingerprint density at radius 3 is 2.32 bits per heavy atom. The summed E-state index contributed by atoms with van der Waals surface area (Å²) in [5.74, 6) is -0.813. The number of hydrogen-bond acceptors (Lipinski definition) is 4. The molecule has 1 amide bonds. The van der Waals surface area contributed by atoms with Gasteiger partial charge in [-0.05, 0) is 19.3 Å². The van der Waals surface area contributed by atoms with E-state index < -0.39 is 17.4 Å². The Morgan fingerprint density at radius 1 is 1.37 bits per heavy atom. The summed E-state index contributed by atoms with van der Waals surface area (Å²) >= 11 is 0. The van der Waals surface area contributed by atoms with Crippen molar-refractivity contribution in [3.63, 3.8) is 0 Å². The second-order valence-corrected chi connectivity index (χ2v) is 5.68. The van der Waals surface area contributed by atoms with Crippen LogP contribution in [-0.4, -0.2) is 28.2 Å². The van der Waals surface area contributed by atoms with Crippen LogP contribution in [0.1, 0.15) is 37.8 Å². The van der Waals surface area contributed by atoms with Crippen molar-refractivity contribution >= 4 is 11.9 Å². The number of hydrogen-bond donors (Lipinski definition) is 2. The molecular formula is C13H20N2O4. The molecule has 0 unspecified atom stereocenters. The molecule has 0 saturated carbocycles. The lowest BCUT2D eigenvalue weighted by Crippen LogP contribution is -2.49. The number of aliphatic carboxylic acids is 1. The Labute approximate surface area is 112 Å². The molecule has 6 nitrogen and oxygen atoms in total. The summed E-state index contributed by atoms with van der Waals surface area (Å²) in [6, 6.07) is -0.930. The van der Waals surface area contributed by atoms with Crippen molar-refractivity contribution in [1.82, 2.24) is 10.5 Å². The molecule has 0 aliphatic carbocycles. The van der Waals surface area contributed by atoms with Crippen LogP contribution in [0.25, 0.3) is 0 Å². The zero-order chi connectivity index (χ0) is 14.8. The van der Waals surface area contributed by atoms with Gasteiger partial charge >= 0.3 is 5.97 Å². The van der Waals surface area contributed by atoms with E-state index in [0.717, 1.165) is 0 Å². The third-order valence-electron chi connectivity index (χ3n) is 2.94. The lowest BCUT2D eigenvalue weighted by Gasteiger charge is -2.27. The standard InChI is InChI=1S/C13H20N2O4/c1-7-9(8(2)19-15-7)6-10(16)14-11(12(17)18)13(3,4)5/h11H,6H2,1-5H3,(H,14,16)(H,17,18)/t11-/m1/s1. The van der Waals surface area contributed by atoms with Gasteiger partial charge in [-0.3, -0.25) is 4.79 Å². The smallest absolute Gasteiger partial charge is 0.326 e. The van der Waals surface area contributed by atoms with Gasteiger partial charge < -0.3 is 14.9 Å². The van der Waals surface area contributed by atoms with Crippen molar-refractivity contribution in [2.45, 2.75) is 47.1 Å². The molecule has 0 saturated heterocycles. The fraction of sp³-hybridized carbons (Fsp3) is 0.615. The first-order valence-corrected chi connectivity index (χ1v) is 6.07. The van der Waals surface area contributed by atoms with Gasteiger partial charge in [0.25, 0.3) is 0 Å². The molecule has 1 atom stereocenters. The van der Waals surface area contributed by atoms with Crippen molar-refractivity contribution in [2.24, 2.45) is 5.41 Å². The summed E-state index contributed by atoms with van der Waals surface area (Å²) in [7, 11) is 0. The van der Waals surface area contributed by atoms with Crippen LogP contribution in [0.3, 0.4) is 0 Å². The topological polar surface area (TPSA) is 92.4 Å². The largest absolute Gasteiger partial charge is 0.480 e. The summed E-state index contributed by atoms with van der Waals surface area (Å²) in [6.07, 6.45) is 0.0705. The average molecular weight is 268 g/mol. The van der Waals surface area contributed by atoms with E-state index in [0.29, 0.717) is 17.0 Å². The van der Waals surface area contributed by atoms with Crippen LogP contribution < -0.4 is 5.32 Å². The Balaban J connectivity index is 2.77. The zero-order valence-corrected chi connectivity index (χ0v) is 11.9. The van der Waals surface area contributed by atoms with Crippen LogP contribution in [0, 0.1) is 19.3 Å². The SMILES string of the molecule is Cc1noc(C)c1CC(=O)N[C@H](C(=O)O)C(C)(C)C. The maximum absolute atomic E-state index is 11.9. The number of aryl methyl sites for hydroxylation is 2. The molecule has 1 aromatic heterocycles. The number of rotatable bonds is 4. The molecule has 1 rings (SSSR count). The number of amides is 1. The average Bonchev–Trinajstić information content (AvgIpc) is 2.55. The van der Waals surface area contributed by atoms with E-state index in [9.17, 15) is 9.59 Å². The molecule has 19 heavy (non-hydrogen) atoms. The first-order valence-electron chi connectivity index (χ1n) is 6.07. The van der Waals surface area contributed by atoms with Gasteiger partial charge in [0, 0.05) is 5.56 Å². The fourth-order valence-electron chi connectivity index (χ4n) is 1.78. The van der Waals surface area contributed by atoms with Gasteiger partial charge in [-0.15, -0.1) is 0 Å². The summed E-state index contributed by atoms with van der Waals surface area (Å²) in [5.41, 5.74) is 0.797. The number of carboxylic acid groups (broad SMARTS) is 1. The third kappa shape index (κ3) is 3.81. The van der Waals surface area contributed by atoms with Crippen LogP contribution in [0.15, 0.2) is 4.52 Å². The van der Waals surface area contributed by atoms with Gasteiger partial charge in [-0.2, -0.15) is 0 Å². The molecule has 106 valence electrons. The van der Waals surface area contributed by atoms with E-state index in [4.69, 9.17) is 9.63 Å². The van der Waals surface area contributed by atoms with E-state index in [1.54, 1.807) is 34.6 Å². The molecule has 1 heterocycles. The molecule has 0 aliphatic rings. The summed E-state index contributed by atoms with van der Waals surface area (Å²) in [6.45, 7) is 8.77. The number of aromatic nitrogens is 1. The quantitative estimate of drug-likeness (QED) is 0.862. The lowest BCUT2D eigenvalue weighted by atomic mass is 9.86. The molecule has 0 fully saturated rings. The van der Waals surface area contributed by atoms with Crippen molar-refractivity contribution < 1.29 is 19.2 Å². The van der Waals surface area contributed by atoms with Crippen molar-refractivity contribution in [2.75, 3.05) is 0 Å².